The lowest BCUT2D eigenvalue weighted by Gasteiger charge is -2.22. The topological polar surface area (TPSA) is 46.3 Å². The number of hydrogen-bond donors (Lipinski definition) is 0. The van der Waals surface area contributed by atoms with Crippen molar-refractivity contribution in [2.45, 2.75) is 23.8 Å². The second-order valence-corrected chi connectivity index (χ2v) is 8.64. The Labute approximate surface area is 184 Å². The number of aromatic nitrogens is 1. The molecule has 0 radical (unpaired) electrons. The number of thioether (sulfide) groups is 1. The van der Waals surface area contributed by atoms with Gasteiger partial charge in [0.15, 0.2) is 5.58 Å². The maximum atomic E-state index is 13.6. The molecule has 1 unspecified atom stereocenters. The molecule has 0 spiro atoms. The fraction of sp³-hybridized carbons (Fsp3) is 0.200. The first kappa shape index (κ1) is 19.8. The molecular weight excluding hydrogens is 411 g/mol. The van der Waals surface area contributed by atoms with E-state index in [0.29, 0.717) is 23.8 Å². The molecule has 1 aliphatic rings. The third-order valence-electron chi connectivity index (χ3n) is 5.53. The van der Waals surface area contributed by atoms with Gasteiger partial charge in [0, 0.05) is 11.4 Å². The quantitative estimate of drug-likeness (QED) is 0.358. The number of carbonyl (C=O) groups is 1. The van der Waals surface area contributed by atoms with Gasteiger partial charge in [-0.05, 0) is 60.4 Å². The molecule has 3 aromatic carbocycles. The second kappa shape index (κ2) is 8.55. The molecule has 0 aliphatic carbocycles. The van der Waals surface area contributed by atoms with E-state index in [1.165, 1.54) is 12.1 Å². The molecule has 1 atom stereocenters. The number of amides is 1. The van der Waals surface area contributed by atoms with E-state index in [0.717, 1.165) is 34.4 Å². The number of hydrogen-bond acceptors (Lipinski definition) is 4. The van der Waals surface area contributed by atoms with E-state index >= 15 is 0 Å². The number of carbonyl (C=O) groups excluding carboxylic acids is 1. The molecule has 0 bridgehead atoms. The van der Waals surface area contributed by atoms with Gasteiger partial charge in [-0.25, -0.2) is 9.37 Å². The zero-order chi connectivity index (χ0) is 21.2. The van der Waals surface area contributed by atoms with E-state index in [2.05, 4.69) is 0 Å². The lowest BCUT2D eigenvalue weighted by atomic mass is 10.1. The van der Waals surface area contributed by atoms with E-state index in [-0.39, 0.29) is 17.8 Å². The Morgan fingerprint density at radius 3 is 2.74 bits per heavy atom. The van der Waals surface area contributed by atoms with Crippen LogP contribution in [-0.4, -0.2) is 28.1 Å². The average Bonchev–Trinajstić information content (AvgIpc) is 3.44. The summed E-state index contributed by atoms with van der Waals surface area (Å²) in [7, 11) is 0. The van der Waals surface area contributed by atoms with Crippen molar-refractivity contribution in [2.75, 3.05) is 12.3 Å². The van der Waals surface area contributed by atoms with Gasteiger partial charge in [-0.3, -0.25) is 4.79 Å². The summed E-state index contributed by atoms with van der Waals surface area (Å²) < 4.78 is 19.6. The molecule has 1 aliphatic heterocycles. The van der Waals surface area contributed by atoms with Crippen LogP contribution < -0.4 is 0 Å². The molecule has 0 saturated carbocycles. The Bertz CT molecular complexity index is 1220. The van der Waals surface area contributed by atoms with Crippen LogP contribution in [0, 0.1) is 5.82 Å². The first-order valence-electron chi connectivity index (χ1n) is 10.3. The van der Waals surface area contributed by atoms with Crippen molar-refractivity contribution < 1.29 is 13.6 Å². The minimum Gasteiger partial charge on any atom is -0.438 e. The Balaban J connectivity index is 1.36. The Morgan fingerprint density at radius 2 is 1.90 bits per heavy atom. The summed E-state index contributed by atoms with van der Waals surface area (Å²) in [6.07, 6.45) is 1.77. The number of fused-ring (bicyclic) bond motifs is 1. The molecule has 156 valence electrons. The Hall–Kier alpha value is -3.12. The fourth-order valence-corrected chi connectivity index (χ4v) is 4.81. The van der Waals surface area contributed by atoms with Crippen molar-refractivity contribution in [1.82, 2.24) is 9.88 Å². The molecule has 31 heavy (non-hydrogen) atoms. The van der Waals surface area contributed by atoms with Crippen LogP contribution in [0.3, 0.4) is 0 Å². The zero-order valence-corrected chi connectivity index (χ0v) is 17.6. The SMILES string of the molecule is O=C(CSc1ccccc1)N1CCCC1c1nc2cc(-c3cccc(F)c3)ccc2o1. The normalized spacial score (nSPS) is 16.2. The van der Waals surface area contributed by atoms with Gasteiger partial charge in [-0.1, -0.05) is 36.4 Å². The molecule has 4 nitrogen and oxygen atoms in total. The van der Waals surface area contributed by atoms with Gasteiger partial charge in [0.25, 0.3) is 0 Å². The van der Waals surface area contributed by atoms with Crippen LogP contribution in [0.2, 0.25) is 0 Å². The molecular formula is C25H21FN2O2S. The molecule has 2 heterocycles. The molecule has 1 saturated heterocycles. The predicted molar refractivity (Wildman–Crippen MR) is 120 cm³/mol. The molecule has 4 aromatic rings. The number of oxazole rings is 1. The van der Waals surface area contributed by atoms with Gasteiger partial charge in [0.2, 0.25) is 11.8 Å². The maximum absolute atomic E-state index is 13.6. The van der Waals surface area contributed by atoms with Gasteiger partial charge in [-0.15, -0.1) is 11.8 Å². The smallest absolute Gasteiger partial charge is 0.233 e. The standard InChI is InChI=1S/C25H21FN2O2S/c26-19-7-4-6-17(14-19)18-11-12-23-21(15-18)27-25(30-23)22-10-5-13-28(22)24(29)16-31-20-8-2-1-3-9-20/h1-4,6-9,11-12,14-15,22H,5,10,13,16H2. The summed E-state index contributed by atoms with van der Waals surface area (Å²) in [5.41, 5.74) is 3.07. The highest BCUT2D eigenvalue weighted by Gasteiger charge is 2.33. The first-order chi connectivity index (χ1) is 15.2. The van der Waals surface area contributed by atoms with Crippen LogP contribution in [0.15, 0.2) is 82.1 Å². The van der Waals surface area contributed by atoms with Crippen molar-refractivity contribution >= 4 is 28.8 Å². The van der Waals surface area contributed by atoms with Crippen LogP contribution in [0.1, 0.15) is 24.8 Å². The van der Waals surface area contributed by atoms with Crippen LogP contribution in [0.5, 0.6) is 0 Å². The third kappa shape index (κ3) is 4.21. The van der Waals surface area contributed by atoms with E-state index in [9.17, 15) is 9.18 Å². The highest BCUT2D eigenvalue weighted by molar-refractivity contribution is 8.00. The highest BCUT2D eigenvalue weighted by atomic mass is 32.2. The van der Waals surface area contributed by atoms with Crippen molar-refractivity contribution in [3.63, 3.8) is 0 Å². The van der Waals surface area contributed by atoms with Crippen LogP contribution >= 0.6 is 11.8 Å². The lowest BCUT2D eigenvalue weighted by Crippen LogP contribution is -2.32. The van der Waals surface area contributed by atoms with Gasteiger partial charge in [0.05, 0.1) is 5.75 Å². The molecule has 6 heteroatoms. The molecule has 0 N–H and O–H groups in total. The van der Waals surface area contributed by atoms with E-state index in [1.807, 2.05) is 59.5 Å². The number of likely N-dealkylation sites (tertiary alicyclic amines) is 1. The first-order valence-corrected chi connectivity index (χ1v) is 11.3. The summed E-state index contributed by atoms with van der Waals surface area (Å²) in [5.74, 6) is 0.790. The molecule has 1 aromatic heterocycles. The van der Waals surface area contributed by atoms with Crippen molar-refractivity contribution in [1.29, 1.82) is 0 Å². The zero-order valence-electron chi connectivity index (χ0n) is 16.8. The molecule has 1 amide bonds. The van der Waals surface area contributed by atoms with Crippen LogP contribution in [0.4, 0.5) is 4.39 Å². The van der Waals surface area contributed by atoms with Crippen LogP contribution in [0.25, 0.3) is 22.2 Å². The number of benzene rings is 3. The van der Waals surface area contributed by atoms with Crippen molar-refractivity contribution in [3.8, 4) is 11.1 Å². The van der Waals surface area contributed by atoms with E-state index < -0.39 is 0 Å². The van der Waals surface area contributed by atoms with Gasteiger partial charge >= 0.3 is 0 Å². The largest absolute Gasteiger partial charge is 0.438 e. The summed E-state index contributed by atoms with van der Waals surface area (Å²) in [5, 5.41) is 0. The molecule has 5 rings (SSSR count). The summed E-state index contributed by atoms with van der Waals surface area (Å²) >= 11 is 1.55. The van der Waals surface area contributed by atoms with Gasteiger partial charge < -0.3 is 9.32 Å². The number of rotatable bonds is 5. The van der Waals surface area contributed by atoms with E-state index in [1.54, 1.807) is 17.8 Å². The van der Waals surface area contributed by atoms with Crippen LogP contribution in [-0.2, 0) is 4.79 Å². The van der Waals surface area contributed by atoms with Crippen molar-refractivity contribution in [3.05, 3.63) is 84.5 Å². The Kier molecular flexibility index (Phi) is 5.47. The monoisotopic (exact) mass is 432 g/mol. The third-order valence-corrected chi connectivity index (χ3v) is 6.52. The maximum Gasteiger partial charge on any atom is 0.233 e. The number of halogens is 1. The second-order valence-electron chi connectivity index (χ2n) is 7.59. The minimum atomic E-state index is -0.271. The average molecular weight is 433 g/mol. The summed E-state index contributed by atoms with van der Waals surface area (Å²) in [6, 6.07) is 22.0. The minimum absolute atomic E-state index is 0.0964. The van der Waals surface area contributed by atoms with Crippen molar-refractivity contribution in [2.24, 2.45) is 0 Å². The molecule has 1 fully saturated rings. The summed E-state index contributed by atoms with van der Waals surface area (Å²) in [4.78, 5) is 20.5. The number of nitrogens with zero attached hydrogens (tertiary/aromatic N) is 2. The van der Waals surface area contributed by atoms with Gasteiger partial charge in [0.1, 0.15) is 17.4 Å². The summed E-state index contributed by atoms with van der Waals surface area (Å²) in [6.45, 7) is 0.714. The van der Waals surface area contributed by atoms with E-state index in [4.69, 9.17) is 9.40 Å². The van der Waals surface area contributed by atoms with Gasteiger partial charge in [-0.2, -0.15) is 0 Å². The highest BCUT2D eigenvalue weighted by Crippen LogP contribution is 2.35. The fourth-order valence-electron chi connectivity index (χ4n) is 4.00. The predicted octanol–water partition coefficient (Wildman–Crippen LogP) is 6.09. The Morgan fingerprint density at radius 1 is 1.06 bits per heavy atom. The lowest BCUT2D eigenvalue weighted by molar-refractivity contribution is -0.129.